The van der Waals surface area contributed by atoms with Crippen molar-refractivity contribution in [1.82, 2.24) is 4.90 Å². The first-order valence-corrected chi connectivity index (χ1v) is 7.85. The summed E-state index contributed by atoms with van der Waals surface area (Å²) < 4.78 is 5.45. The molecule has 1 aromatic rings. The van der Waals surface area contributed by atoms with Crippen LogP contribution in [0.25, 0.3) is 6.08 Å². The highest BCUT2D eigenvalue weighted by atomic mass is 16.5. The first-order valence-electron chi connectivity index (χ1n) is 7.85. The van der Waals surface area contributed by atoms with Crippen LogP contribution in [0.4, 0.5) is 0 Å². The Morgan fingerprint density at radius 2 is 2.04 bits per heavy atom. The maximum absolute atomic E-state index is 9.94. The summed E-state index contributed by atoms with van der Waals surface area (Å²) >= 11 is 0. The van der Waals surface area contributed by atoms with Gasteiger partial charge >= 0.3 is 0 Å². The van der Waals surface area contributed by atoms with E-state index in [1.807, 2.05) is 43.3 Å². The number of ether oxygens (including phenoxy) is 1. The summed E-state index contributed by atoms with van der Waals surface area (Å²) in [4.78, 5) is 1.75. The molecule has 0 spiro atoms. The van der Waals surface area contributed by atoms with Gasteiger partial charge in [0.1, 0.15) is 18.0 Å². The maximum Gasteiger partial charge on any atom is 0.119 e. The molecule has 0 saturated carbocycles. The molecule has 1 heterocycles. The fourth-order valence-corrected chi connectivity index (χ4v) is 2.79. The van der Waals surface area contributed by atoms with Crippen molar-refractivity contribution in [3.8, 4) is 5.75 Å². The fraction of sp³-hybridized carbons (Fsp3) is 0.529. The molecule has 0 aliphatic carbocycles. The van der Waals surface area contributed by atoms with Crippen LogP contribution in [0.3, 0.4) is 0 Å². The van der Waals surface area contributed by atoms with Crippen LogP contribution < -0.4 is 4.74 Å². The van der Waals surface area contributed by atoms with E-state index in [1.165, 1.54) is 0 Å². The number of nitrogens with zero attached hydrogens (tertiary/aromatic N) is 1. The second kappa shape index (κ2) is 8.42. The quantitative estimate of drug-likeness (QED) is 0.582. The molecule has 1 aromatic carbocycles. The Kier molecular flexibility index (Phi) is 6.56. The summed E-state index contributed by atoms with van der Waals surface area (Å²) in [5, 5.41) is 38.8. The van der Waals surface area contributed by atoms with Gasteiger partial charge in [-0.25, -0.2) is 0 Å². The number of hydrogen-bond acceptors (Lipinski definition) is 6. The Labute approximate surface area is 136 Å². The molecule has 0 amide bonds. The van der Waals surface area contributed by atoms with Crippen LogP contribution in [0.15, 0.2) is 30.3 Å². The topological polar surface area (TPSA) is 93.4 Å². The van der Waals surface area contributed by atoms with Crippen molar-refractivity contribution in [3.63, 3.8) is 0 Å². The molecular weight excluding hydrogens is 298 g/mol. The van der Waals surface area contributed by atoms with Gasteiger partial charge in [-0.3, -0.25) is 4.90 Å². The van der Waals surface area contributed by atoms with Gasteiger partial charge in [0.25, 0.3) is 0 Å². The first kappa shape index (κ1) is 17.9. The van der Waals surface area contributed by atoms with Gasteiger partial charge in [0.05, 0.1) is 25.4 Å². The molecule has 0 aromatic heterocycles. The molecular formula is C17H25NO5. The Bertz CT molecular complexity index is 521. The van der Waals surface area contributed by atoms with Gasteiger partial charge in [-0.15, -0.1) is 0 Å². The van der Waals surface area contributed by atoms with E-state index in [2.05, 4.69) is 0 Å². The van der Waals surface area contributed by atoms with Crippen molar-refractivity contribution in [3.05, 3.63) is 35.9 Å². The SMILES string of the molecule is CCOc1cccc(/C=C/CN2C[C@H](O)[C@@H](O)[C@H](O)[C@H]2CO)c1. The number of rotatable bonds is 6. The number of piperidine rings is 1. The predicted molar refractivity (Wildman–Crippen MR) is 87.1 cm³/mol. The third-order valence-corrected chi connectivity index (χ3v) is 4.04. The molecule has 1 aliphatic heterocycles. The molecule has 0 unspecified atom stereocenters. The van der Waals surface area contributed by atoms with E-state index in [9.17, 15) is 20.4 Å². The number of benzene rings is 1. The van der Waals surface area contributed by atoms with E-state index >= 15 is 0 Å². The van der Waals surface area contributed by atoms with Gasteiger partial charge < -0.3 is 25.2 Å². The molecule has 4 atom stereocenters. The molecule has 23 heavy (non-hydrogen) atoms. The van der Waals surface area contributed by atoms with Crippen molar-refractivity contribution >= 4 is 6.08 Å². The third kappa shape index (κ3) is 4.53. The maximum atomic E-state index is 9.94. The van der Waals surface area contributed by atoms with Gasteiger partial charge in [-0.2, -0.15) is 0 Å². The molecule has 1 saturated heterocycles. The lowest BCUT2D eigenvalue weighted by Gasteiger charge is -2.42. The second-order valence-corrected chi connectivity index (χ2v) is 5.66. The van der Waals surface area contributed by atoms with Gasteiger partial charge in [0, 0.05) is 13.1 Å². The molecule has 1 aliphatic rings. The van der Waals surface area contributed by atoms with Crippen LogP contribution in [-0.2, 0) is 0 Å². The number of aliphatic hydroxyl groups is 4. The van der Waals surface area contributed by atoms with Crippen molar-refractivity contribution in [2.75, 3.05) is 26.3 Å². The van der Waals surface area contributed by atoms with Crippen LogP contribution in [0.1, 0.15) is 12.5 Å². The zero-order valence-corrected chi connectivity index (χ0v) is 13.2. The van der Waals surface area contributed by atoms with Crippen LogP contribution in [0.5, 0.6) is 5.75 Å². The zero-order chi connectivity index (χ0) is 16.8. The molecule has 6 nitrogen and oxygen atoms in total. The fourth-order valence-electron chi connectivity index (χ4n) is 2.79. The second-order valence-electron chi connectivity index (χ2n) is 5.66. The minimum absolute atomic E-state index is 0.201. The minimum Gasteiger partial charge on any atom is -0.494 e. The number of β-amino-alcohol motifs (C(OH)–C–C–N with tert-alkyl or cyclic N) is 1. The Morgan fingerprint density at radius 3 is 2.74 bits per heavy atom. The zero-order valence-electron chi connectivity index (χ0n) is 13.2. The Hall–Kier alpha value is -1.44. The van der Waals surface area contributed by atoms with Gasteiger partial charge in [-0.1, -0.05) is 24.3 Å². The number of hydrogen-bond donors (Lipinski definition) is 4. The Morgan fingerprint density at radius 1 is 1.26 bits per heavy atom. The lowest BCUT2D eigenvalue weighted by Crippen LogP contribution is -2.62. The standard InChI is InChI=1S/C17H25NO5/c1-2-23-13-7-3-5-12(9-13)6-4-8-18-10-15(20)17(22)16(21)14(18)11-19/h3-7,9,14-17,19-22H,2,8,10-11H2,1H3/b6-4+/t14-,15+,16-,17-/m1/s1. The van der Waals surface area contributed by atoms with E-state index in [1.54, 1.807) is 4.90 Å². The van der Waals surface area contributed by atoms with Crippen molar-refractivity contribution in [1.29, 1.82) is 0 Å². The average molecular weight is 323 g/mol. The Balaban J connectivity index is 1.99. The molecule has 0 bridgehead atoms. The molecule has 1 fully saturated rings. The molecule has 4 N–H and O–H groups in total. The summed E-state index contributed by atoms with van der Waals surface area (Å²) in [5.74, 6) is 0.801. The van der Waals surface area contributed by atoms with Crippen LogP contribution in [0, 0.1) is 0 Å². The number of likely N-dealkylation sites (tertiary alicyclic amines) is 1. The highest BCUT2D eigenvalue weighted by Gasteiger charge is 2.40. The molecule has 128 valence electrons. The van der Waals surface area contributed by atoms with Crippen LogP contribution >= 0.6 is 0 Å². The highest BCUT2D eigenvalue weighted by Crippen LogP contribution is 2.19. The summed E-state index contributed by atoms with van der Waals surface area (Å²) in [5.41, 5.74) is 0.981. The van der Waals surface area contributed by atoms with E-state index in [-0.39, 0.29) is 13.2 Å². The largest absolute Gasteiger partial charge is 0.494 e. The minimum atomic E-state index is -1.23. The highest BCUT2D eigenvalue weighted by molar-refractivity contribution is 5.51. The van der Waals surface area contributed by atoms with Crippen LogP contribution in [-0.4, -0.2) is 76.0 Å². The van der Waals surface area contributed by atoms with Crippen molar-refractivity contribution < 1.29 is 25.2 Å². The summed E-state index contributed by atoms with van der Waals surface area (Å²) in [6, 6.07) is 7.08. The smallest absolute Gasteiger partial charge is 0.119 e. The lowest BCUT2D eigenvalue weighted by molar-refractivity contribution is -0.142. The van der Waals surface area contributed by atoms with E-state index in [0.29, 0.717) is 13.2 Å². The van der Waals surface area contributed by atoms with Gasteiger partial charge in [-0.05, 0) is 24.6 Å². The summed E-state index contributed by atoms with van der Waals surface area (Å²) in [6.07, 6.45) is 0.391. The van der Waals surface area contributed by atoms with E-state index in [0.717, 1.165) is 11.3 Å². The lowest BCUT2D eigenvalue weighted by atomic mass is 9.94. The van der Waals surface area contributed by atoms with Crippen LogP contribution in [0.2, 0.25) is 0 Å². The van der Waals surface area contributed by atoms with Crippen molar-refractivity contribution in [2.45, 2.75) is 31.3 Å². The van der Waals surface area contributed by atoms with Crippen molar-refractivity contribution in [2.24, 2.45) is 0 Å². The molecule has 2 rings (SSSR count). The van der Waals surface area contributed by atoms with Gasteiger partial charge in [0.2, 0.25) is 0 Å². The summed E-state index contributed by atoms with van der Waals surface area (Å²) in [7, 11) is 0. The molecule has 0 radical (unpaired) electrons. The number of aliphatic hydroxyl groups excluding tert-OH is 4. The summed E-state index contributed by atoms with van der Waals surface area (Å²) in [6.45, 7) is 2.91. The predicted octanol–water partition coefficient (Wildman–Crippen LogP) is -0.142. The third-order valence-electron chi connectivity index (χ3n) is 4.04. The van der Waals surface area contributed by atoms with Gasteiger partial charge in [0.15, 0.2) is 0 Å². The monoisotopic (exact) mass is 323 g/mol. The van der Waals surface area contributed by atoms with E-state index in [4.69, 9.17) is 4.74 Å². The first-order chi connectivity index (χ1) is 11.1. The molecule has 6 heteroatoms. The van der Waals surface area contributed by atoms with E-state index < -0.39 is 24.4 Å². The normalized spacial score (nSPS) is 29.1. The average Bonchev–Trinajstić information content (AvgIpc) is 2.54.